The van der Waals surface area contributed by atoms with Crippen LogP contribution in [0.5, 0.6) is 0 Å². The molecule has 4 aromatic rings. The number of amides is 1. The SMILES string of the molecule is CC1(c2ccc(-c3ccc(F)cc3)cc2)CC1C(=O)N/N=C/c1cnc2cnccc2c1. The summed E-state index contributed by atoms with van der Waals surface area (Å²) in [6.45, 7) is 2.09. The molecule has 6 heteroatoms. The zero-order chi connectivity index (χ0) is 22.1. The standard InChI is InChI=1S/C26H21FN4O/c1-26(21-6-2-18(3-7-21)19-4-8-22(27)9-5-19)13-23(26)25(32)31-30-15-17-12-20-10-11-28-16-24(20)29-14-17/h2-12,14-16,23H,13H2,1H3,(H,31,32)/b30-15+. The third-order valence-electron chi connectivity index (χ3n) is 6.17. The molecule has 5 nitrogen and oxygen atoms in total. The van der Waals surface area contributed by atoms with Gasteiger partial charge < -0.3 is 0 Å². The predicted molar refractivity (Wildman–Crippen MR) is 123 cm³/mol. The molecule has 2 aromatic heterocycles. The summed E-state index contributed by atoms with van der Waals surface area (Å²) in [7, 11) is 0. The minimum Gasteiger partial charge on any atom is -0.273 e. The number of nitrogens with zero attached hydrogens (tertiary/aromatic N) is 3. The highest BCUT2D eigenvalue weighted by Crippen LogP contribution is 2.54. The quantitative estimate of drug-likeness (QED) is 0.367. The van der Waals surface area contributed by atoms with Crippen molar-refractivity contribution in [3.63, 3.8) is 0 Å². The van der Waals surface area contributed by atoms with E-state index < -0.39 is 0 Å². The van der Waals surface area contributed by atoms with Crippen LogP contribution in [0.25, 0.3) is 22.0 Å². The Balaban J connectivity index is 1.23. The topological polar surface area (TPSA) is 67.2 Å². The lowest BCUT2D eigenvalue weighted by molar-refractivity contribution is -0.122. The first-order chi connectivity index (χ1) is 15.5. The smallest absolute Gasteiger partial charge is 0.244 e. The highest BCUT2D eigenvalue weighted by Gasteiger charge is 2.55. The van der Waals surface area contributed by atoms with Gasteiger partial charge in [-0.2, -0.15) is 5.10 Å². The molecule has 2 heterocycles. The van der Waals surface area contributed by atoms with Crippen LogP contribution in [0.2, 0.25) is 0 Å². The molecule has 32 heavy (non-hydrogen) atoms. The molecule has 0 saturated heterocycles. The van der Waals surface area contributed by atoms with Gasteiger partial charge in [0.25, 0.3) is 0 Å². The van der Waals surface area contributed by atoms with E-state index in [1.807, 2.05) is 36.4 Å². The molecule has 1 saturated carbocycles. The lowest BCUT2D eigenvalue weighted by atomic mass is 9.93. The van der Waals surface area contributed by atoms with E-state index in [0.717, 1.165) is 39.6 Å². The van der Waals surface area contributed by atoms with Crippen molar-refractivity contribution in [2.24, 2.45) is 11.0 Å². The Morgan fingerprint density at radius 3 is 2.56 bits per heavy atom. The van der Waals surface area contributed by atoms with E-state index in [4.69, 9.17) is 0 Å². The lowest BCUT2D eigenvalue weighted by Gasteiger charge is -2.12. The molecule has 2 unspecified atom stereocenters. The van der Waals surface area contributed by atoms with Crippen molar-refractivity contribution in [1.29, 1.82) is 0 Å². The summed E-state index contributed by atoms with van der Waals surface area (Å²) in [5, 5.41) is 5.09. The lowest BCUT2D eigenvalue weighted by Crippen LogP contribution is -2.23. The van der Waals surface area contributed by atoms with E-state index in [0.29, 0.717) is 0 Å². The average molecular weight is 424 g/mol. The Bertz CT molecular complexity index is 1320. The maximum atomic E-state index is 13.1. The van der Waals surface area contributed by atoms with E-state index in [2.05, 4.69) is 27.4 Å². The zero-order valence-corrected chi connectivity index (χ0v) is 17.5. The van der Waals surface area contributed by atoms with E-state index >= 15 is 0 Å². The molecule has 1 amide bonds. The molecule has 0 spiro atoms. The number of hydrogen-bond donors (Lipinski definition) is 1. The summed E-state index contributed by atoms with van der Waals surface area (Å²) in [4.78, 5) is 21.0. The van der Waals surface area contributed by atoms with Crippen LogP contribution in [0, 0.1) is 11.7 Å². The summed E-state index contributed by atoms with van der Waals surface area (Å²) in [5.74, 6) is -0.469. The second kappa shape index (κ2) is 7.96. The molecule has 158 valence electrons. The molecular formula is C26H21FN4O. The number of carbonyl (C=O) groups is 1. The molecule has 2 atom stereocenters. The molecular weight excluding hydrogens is 403 g/mol. The van der Waals surface area contributed by atoms with E-state index in [1.54, 1.807) is 36.9 Å². The molecule has 1 N–H and O–H groups in total. The fourth-order valence-electron chi connectivity index (χ4n) is 4.06. The first-order valence-electron chi connectivity index (χ1n) is 10.4. The monoisotopic (exact) mass is 424 g/mol. The Kier molecular flexibility index (Phi) is 4.98. The van der Waals surface area contributed by atoms with Gasteiger partial charge in [-0.25, -0.2) is 9.82 Å². The minimum atomic E-state index is -0.249. The minimum absolute atomic E-state index is 0.0932. The zero-order valence-electron chi connectivity index (χ0n) is 17.5. The van der Waals surface area contributed by atoms with Crippen molar-refractivity contribution < 1.29 is 9.18 Å². The summed E-state index contributed by atoms with van der Waals surface area (Å²) < 4.78 is 13.1. The van der Waals surface area contributed by atoms with Crippen LogP contribution in [-0.2, 0) is 10.2 Å². The normalized spacial score (nSPS) is 19.9. The summed E-state index contributed by atoms with van der Waals surface area (Å²) >= 11 is 0. The van der Waals surface area contributed by atoms with Crippen molar-refractivity contribution in [2.45, 2.75) is 18.8 Å². The van der Waals surface area contributed by atoms with Crippen LogP contribution in [0.1, 0.15) is 24.5 Å². The third kappa shape index (κ3) is 3.87. The summed E-state index contributed by atoms with van der Waals surface area (Å²) in [6, 6.07) is 18.4. The highest BCUT2D eigenvalue weighted by atomic mass is 19.1. The van der Waals surface area contributed by atoms with Gasteiger partial charge in [0.2, 0.25) is 5.91 Å². The average Bonchev–Trinajstić information content (AvgIpc) is 3.52. The molecule has 0 bridgehead atoms. The maximum absolute atomic E-state index is 13.1. The van der Waals surface area contributed by atoms with E-state index in [1.165, 1.54) is 12.1 Å². The second-order valence-electron chi connectivity index (χ2n) is 8.33. The van der Waals surface area contributed by atoms with Gasteiger partial charge in [0.15, 0.2) is 0 Å². The van der Waals surface area contributed by atoms with Crippen molar-refractivity contribution in [3.8, 4) is 11.1 Å². The second-order valence-corrected chi connectivity index (χ2v) is 8.33. The summed E-state index contributed by atoms with van der Waals surface area (Å²) in [5.41, 5.74) is 7.16. The van der Waals surface area contributed by atoms with Crippen molar-refractivity contribution in [1.82, 2.24) is 15.4 Å². The molecule has 0 aliphatic heterocycles. The van der Waals surface area contributed by atoms with Crippen LogP contribution >= 0.6 is 0 Å². The number of hydrazone groups is 1. The van der Waals surface area contributed by atoms with Gasteiger partial charge >= 0.3 is 0 Å². The number of rotatable bonds is 5. The number of aromatic nitrogens is 2. The number of hydrogen-bond acceptors (Lipinski definition) is 4. The molecule has 0 radical (unpaired) electrons. The number of carbonyl (C=O) groups excluding carboxylic acids is 1. The van der Waals surface area contributed by atoms with Gasteiger partial charge in [0.1, 0.15) is 5.82 Å². The largest absolute Gasteiger partial charge is 0.273 e. The Labute approximate surface area is 185 Å². The molecule has 5 rings (SSSR count). The van der Waals surface area contributed by atoms with Gasteiger partial charge in [0.05, 0.1) is 23.8 Å². The number of fused-ring (bicyclic) bond motifs is 1. The van der Waals surface area contributed by atoms with Crippen LogP contribution in [0.15, 0.2) is 84.4 Å². The highest BCUT2D eigenvalue weighted by molar-refractivity contribution is 5.89. The number of pyridine rings is 2. The Hall–Kier alpha value is -3.93. The molecule has 1 fully saturated rings. The first-order valence-corrected chi connectivity index (χ1v) is 10.4. The fraction of sp³-hybridized carbons (Fsp3) is 0.154. The van der Waals surface area contributed by atoms with Crippen LogP contribution < -0.4 is 5.43 Å². The number of halogens is 1. The van der Waals surface area contributed by atoms with Crippen LogP contribution in [-0.4, -0.2) is 22.1 Å². The van der Waals surface area contributed by atoms with Crippen molar-refractivity contribution >= 4 is 23.0 Å². The Morgan fingerprint density at radius 1 is 1.09 bits per heavy atom. The maximum Gasteiger partial charge on any atom is 0.244 e. The van der Waals surface area contributed by atoms with E-state index in [9.17, 15) is 9.18 Å². The summed E-state index contributed by atoms with van der Waals surface area (Å²) in [6.07, 6.45) is 7.49. The van der Waals surface area contributed by atoms with Gasteiger partial charge in [-0.3, -0.25) is 14.8 Å². The molecule has 2 aromatic carbocycles. The van der Waals surface area contributed by atoms with Crippen LogP contribution in [0.4, 0.5) is 4.39 Å². The first kappa shape index (κ1) is 20.0. The third-order valence-corrected chi connectivity index (χ3v) is 6.17. The van der Waals surface area contributed by atoms with Gasteiger partial charge in [-0.05, 0) is 47.4 Å². The number of benzene rings is 2. The van der Waals surface area contributed by atoms with Crippen molar-refractivity contribution in [2.75, 3.05) is 0 Å². The fourth-order valence-corrected chi connectivity index (χ4v) is 4.06. The van der Waals surface area contributed by atoms with Crippen molar-refractivity contribution in [3.05, 3.63) is 96.2 Å². The Morgan fingerprint density at radius 2 is 1.81 bits per heavy atom. The number of nitrogens with one attached hydrogen (secondary N) is 1. The predicted octanol–water partition coefficient (Wildman–Crippen LogP) is 4.86. The molecule has 1 aliphatic carbocycles. The van der Waals surface area contributed by atoms with Gasteiger partial charge in [-0.1, -0.05) is 43.3 Å². The van der Waals surface area contributed by atoms with Gasteiger partial charge in [0, 0.05) is 28.8 Å². The van der Waals surface area contributed by atoms with E-state index in [-0.39, 0.29) is 23.1 Å². The molecule has 1 aliphatic rings. The van der Waals surface area contributed by atoms with Crippen LogP contribution in [0.3, 0.4) is 0 Å². The van der Waals surface area contributed by atoms with Gasteiger partial charge in [-0.15, -0.1) is 0 Å².